The van der Waals surface area contributed by atoms with Crippen molar-refractivity contribution in [1.29, 1.82) is 0 Å². The zero-order valence-corrected chi connectivity index (χ0v) is 15.6. The van der Waals surface area contributed by atoms with Gasteiger partial charge in [0.05, 0.1) is 17.1 Å². The molecule has 142 valence electrons. The van der Waals surface area contributed by atoms with Gasteiger partial charge in [-0.2, -0.15) is 0 Å². The summed E-state index contributed by atoms with van der Waals surface area (Å²) in [6.45, 7) is 3.93. The van der Waals surface area contributed by atoms with Gasteiger partial charge in [-0.05, 0) is 49.4 Å². The summed E-state index contributed by atoms with van der Waals surface area (Å²) in [6, 6.07) is 0. The Bertz CT molecular complexity index is 808. The normalized spacial score (nSPS) is 58.9. The summed E-state index contributed by atoms with van der Waals surface area (Å²) < 4.78 is 0. The van der Waals surface area contributed by atoms with Crippen molar-refractivity contribution in [3.8, 4) is 0 Å². The summed E-state index contributed by atoms with van der Waals surface area (Å²) in [5.41, 5.74) is -2.06. The molecule has 11 atom stereocenters. The van der Waals surface area contributed by atoms with E-state index in [0.717, 1.165) is 25.7 Å². The van der Waals surface area contributed by atoms with Crippen molar-refractivity contribution in [2.45, 2.75) is 36.9 Å². The molecular formula is C24H28O3. The summed E-state index contributed by atoms with van der Waals surface area (Å²) in [5, 5.41) is 24.5. The van der Waals surface area contributed by atoms with E-state index in [9.17, 15) is 15.0 Å². The lowest BCUT2D eigenvalue weighted by Crippen LogP contribution is -2.63. The number of ketones is 1. The van der Waals surface area contributed by atoms with E-state index < -0.39 is 11.2 Å². The van der Waals surface area contributed by atoms with Gasteiger partial charge in [0.2, 0.25) is 0 Å². The SMILES string of the molecule is C=CC[C@H]1[C@@H]2C=C[C@@H](C2)[C@]1(O)[C@@H]1[C@H]2C=C[C@H](C2)[C@@]1(O)[C@@H]1C(=O)[C@H]2C=C[C@@H]1C2. The highest BCUT2D eigenvalue weighted by Gasteiger charge is 2.73. The second kappa shape index (κ2) is 5.12. The van der Waals surface area contributed by atoms with E-state index in [0.29, 0.717) is 5.92 Å². The first-order chi connectivity index (χ1) is 13.0. The van der Waals surface area contributed by atoms with Gasteiger partial charge in [-0.1, -0.05) is 42.5 Å². The van der Waals surface area contributed by atoms with E-state index >= 15 is 0 Å². The van der Waals surface area contributed by atoms with Crippen LogP contribution in [-0.2, 0) is 4.79 Å². The second-order valence-corrected chi connectivity index (χ2v) is 9.94. The third kappa shape index (κ3) is 1.75. The molecule has 6 aliphatic carbocycles. The zero-order chi connectivity index (χ0) is 18.6. The van der Waals surface area contributed by atoms with Gasteiger partial charge in [0, 0.05) is 23.7 Å². The van der Waals surface area contributed by atoms with Crippen LogP contribution < -0.4 is 0 Å². The van der Waals surface area contributed by atoms with Crippen LogP contribution in [0.5, 0.6) is 0 Å². The first kappa shape index (κ1) is 16.5. The Hall–Kier alpha value is -1.45. The minimum atomic E-state index is -1.12. The molecule has 2 N–H and O–H groups in total. The fourth-order valence-electron chi connectivity index (χ4n) is 8.22. The second-order valence-electron chi connectivity index (χ2n) is 9.94. The summed E-state index contributed by atoms with van der Waals surface area (Å²) in [7, 11) is 0. The molecule has 0 aromatic rings. The number of carbonyl (C=O) groups is 1. The molecular weight excluding hydrogens is 336 g/mol. The van der Waals surface area contributed by atoms with E-state index in [1.165, 1.54) is 0 Å². The standard InChI is InChI=1S/C24H28O3/c1-2-3-19-13-6-8-17(11-13)23(19,26)22-16-7-9-18(12-16)24(22,27)20-14-4-5-15(10-14)21(20)25/h2,4-9,13-20,22,26-27H,1,3,10-12H2/t13-,14-,15+,16+,17+,18-,19+,20+,22+,23-,24-/m1/s1. The fraction of sp³-hybridized carbons (Fsp3) is 0.625. The van der Waals surface area contributed by atoms with Gasteiger partial charge < -0.3 is 10.2 Å². The molecule has 0 aromatic carbocycles. The van der Waals surface area contributed by atoms with Crippen LogP contribution >= 0.6 is 0 Å². The molecule has 0 saturated heterocycles. The number of hydrogen-bond acceptors (Lipinski definition) is 3. The summed E-state index contributed by atoms with van der Waals surface area (Å²) in [5.74, 6) is 0.413. The van der Waals surface area contributed by atoms with Crippen LogP contribution in [0.2, 0.25) is 0 Å². The molecule has 0 aliphatic heterocycles. The smallest absolute Gasteiger partial charge is 0.146 e. The molecule has 0 unspecified atom stereocenters. The van der Waals surface area contributed by atoms with Gasteiger partial charge in [0.25, 0.3) is 0 Å². The predicted octanol–water partition coefficient (Wildman–Crippen LogP) is 3.06. The third-order valence-corrected chi connectivity index (χ3v) is 9.09. The Morgan fingerprint density at radius 1 is 0.926 bits per heavy atom. The minimum Gasteiger partial charge on any atom is -0.389 e. The molecule has 3 fully saturated rings. The first-order valence-corrected chi connectivity index (χ1v) is 10.6. The molecule has 0 heterocycles. The van der Waals surface area contributed by atoms with Crippen LogP contribution in [0.15, 0.2) is 49.1 Å². The molecule has 6 rings (SSSR count). The molecule has 6 bridgehead atoms. The fourth-order valence-corrected chi connectivity index (χ4v) is 8.22. The monoisotopic (exact) mass is 364 g/mol. The maximum Gasteiger partial charge on any atom is 0.146 e. The molecule has 0 spiro atoms. The predicted molar refractivity (Wildman–Crippen MR) is 102 cm³/mol. The zero-order valence-electron chi connectivity index (χ0n) is 15.6. The number of fused-ring (bicyclic) bond motifs is 6. The quantitative estimate of drug-likeness (QED) is 0.754. The van der Waals surface area contributed by atoms with Crippen LogP contribution in [0.3, 0.4) is 0 Å². The molecule has 6 aliphatic rings. The number of hydrogen-bond donors (Lipinski definition) is 2. The topological polar surface area (TPSA) is 57.5 Å². The molecule has 27 heavy (non-hydrogen) atoms. The van der Waals surface area contributed by atoms with Gasteiger partial charge in [0.15, 0.2) is 0 Å². The summed E-state index contributed by atoms with van der Waals surface area (Å²) in [6.07, 6.45) is 18.3. The lowest BCUT2D eigenvalue weighted by molar-refractivity contribution is -0.189. The van der Waals surface area contributed by atoms with Crippen molar-refractivity contribution in [2.75, 3.05) is 0 Å². The molecule has 3 heteroatoms. The molecule has 0 amide bonds. The number of rotatable bonds is 4. The Morgan fingerprint density at radius 2 is 1.59 bits per heavy atom. The Balaban J connectivity index is 1.48. The van der Waals surface area contributed by atoms with E-state index in [2.05, 4.69) is 37.0 Å². The van der Waals surface area contributed by atoms with Crippen molar-refractivity contribution in [3.05, 3.63) is 49.1 Å². The highest BCUT2D eigenvalue weighted by molar-refractivity contribution is 5.90. The van der Waals surface area contributed by atoms with Crippen molar-refractivity contribution in [3.63, 3.8) is 0 Å². The Labute approximate surface area is 160 Å². The van der Waals surface area contributed by atoms with E-state index in [1.54, 1.807) is 0 Å². The van der Waals surface area contributed by atoms with Crippen molar-refractivity contribution in [1.82, 2.24) is 0 Å². The largest absolute Gasteiger partial charge is 0.389 e. The average molecular weight is 364 g/mol. The highest BCUT2D eigenvalue weighted by Crippen LogP contribution is 2.67. The maximum absolute atomic E-state index is 13.1. The van der Waals surface area contributed by atoms with Gasteiger partial charge in [-0.3, -0.25) is 4.79 Å². The van der Waals surface area contributed by atoms with Crippen LogP contribution in [0.25, 0.3) is 0 Å². The number of allylic oxidation sites excluding steroid dienone is 5. The van der Waals surface area contributed by atoms with Crippen molar-refractivity contribution >= 4 is 5.78 Å². The van der Waals surface area contributed by atoms with Crippen LogP contribution in [0.4, 0.5) is 0 Å². The molecule has 3 nitrogen and oxygen atoms in total. The van der Waals surface area contributed by atoms with Gasteiger partial charge in [0.1, 0.15) is 5.78 Å². The maximum atomic E-state index is 13.1. The number of Topliss-reactive ketones (excluding diaryl/α,β-unsaturated/α-hetero) is 1. The Morgan fingerprint density at radius 3 is 2.30 bits per heavy atom. The summed E-state index contributed by atoms with van der Waals surface area (Å²) in [4.78, 5) is 13.1. The minimum absolute atomic E-state index is 0.00860. The van der Waals surface area contributed by atoms with Crippen LogP contribution in [-0.4, -0.2) is 27.2 Å². The van der Waals surface area contributed by atoms with Crippen LogP contribution in [0.1, 0.15) is 25.7 Å². The van der Waals surface area contributed by atoms with Gasteiger partial charge in [-0.15, -0.1) is 6.58 Å². The van der Waals surface area contributed by atoms with Gasteiger partial charge in [-0.25, -0.2) is 0 Å². The number of carbonyl (C=O) groups excluding carboxylic acids is 1. The van der Waals surface area contributed by atoms with E-state index in [1.807, 2.05) is 12.2 Å². The average Bonchev–Trinajstić information content (AvgIpc) is 3.45. The lowest BCUT2D eigenvalue weighted by Gasteiger charge is -2.53. The lowest BCUT2D eigenvalue weighted by atomic mass is 9.56. The highest BCUT2D eigenvalue weighted by atomic mass is 16.3. The molecule has 3 saturated carbocycles. The van der Waals surface area contributed by atoms with Crippen molar-refractivity contribution in [2.24, 2.45) is 53.3 Å². The molecule has 0 radical (unpaired) electrons. The van der Waals surface area contributed by atoms with Crippen molar-refractivity contribution < 1.29 is 15.0 Å². The Kier molecular flexibility index (Phi) is 3.13. The van der Waals surface area contributed by atoms with E-state index in [4.69, 9.17) is 0 Å². The van der Waals surface area contributed by atoms with Crippen LogP contribution in [0, 0.1) is 53.3 Å². The number of aliphatic hydroxyl groups is 2. The first-order valence-electron chi connectivity index (χ1n) is 10.6. The third-order valence-electron chi connectivity index (χ3n) is 9.09. The van der Waals surface area contributed by atoms with E-state index in [-0.39, 0.29) is 53.1 Å². The molecule has 0 aromatic heterocycles. The summed E-state index contributed by atoms with van der Waals surface area (Å²) >= 11 is 0. The van der Waals surface area contributed by atoms with Gasteiger partial charge >= 0.3 is 0 Å².